The number of ether oxygens (including phenoxy) is 1. The zero-order valence-electron chi connectivity index (χ0n) is 14.7. The van der Waals surface area contributed by atoms with Crippen molar-refractivity contribution in [1.29, 1.82) is 0 Å². The number of benzene rings is 2. The van der Waals surface area contributed by atoms with E-state index >= 15 is 0 Å². The Hall–Kier alpha value is -3.03. The molecule has 138 valence electrons. The van der Waals surface area contributed by atoms with Crippen LogP contribution in [0.25, 0.3) is 0 Å². The summed E-state index contributed by atoms with van der Waals surface area (Å²) in [6, 6.07) is 15.8. The SMILES string of the molecule is CC(=O)N(c1ccccc1)c1nc(COC(=O)c2ccc(CO)cc2)cs1. The van der Waals surface area contributed by atoms with E-state index in [-0.39, 0.29) is 19.1 Å². The lowest BCUT2D eigenvalue weighted by Gasteiger charge is -2.17. The van der Waals surface area contributed by atoms with E-state index in [9.17, 15) is 9.59 Å². The molecule has 0 aliphatic rings. The molecule has 1 N–H and O–H groups in total. The van der Waals surface area contributed by atoms with E-state index in [4.69, 9.17) is 9.84 Å². The van der Waals surface area contributed by atoms with Crippen molar-refractivity contribution in [2.45, 2.75) is 20.1 Å². The molecule has 0 radical (unpaired) electrons. The van der Waals surface area contributed by atoms with Crippen molar-refractivity contribution in [1.82, 2.24) is 4.98 Å². The lowest BCUT2D eigenvalue weighted by Crippen LogP contribution is -2.22. The summed E-state index contributed by atoms with van der Waals surface area (Å²) in [5, 5.41) is 11.3. The first-order valence-electron chi connectivity index (χ1n) is 8.25. The molecule has 3 aromatic rings. The second-order valence-corrected chi connectivity index (χ2v) is 6.58. The molecule has 1 aromatic heterocycles. The van der Waals surface area contributed by atoms with Crippen molar-refractivity contribution in [2.24, 2.45) is 0 Å². The lowest BCUT2D eigenvalue weighted by molar-refractivity contribution is -0.115. The highest BCUT2D eigenvalue weighted by Crippen LogP contribution is 2.28. The summed E-state index contributed by atoms with van der Waals surface area (Å²) in [5.74, 6) is -0.622. The lowest BCUT2D eigenvalue weighted by atomic mass is 10.1. The van der Waals surface area contributed by atoms with E-state index in [1.807, 2.05) is 30.3 Å². The highest BCUT2D eigenvalue weighted by Gasteiger charge is 2.18. The summed E-state index contributed by atoms with van der Waals surface area (Å²) in [7, 11) is 0. The van der Waals surface area contributed by atoms with Crippen molar-refractivity contribution in [3.8, 4) is 0 Å². The number of nitrogens with zero attached hydrogens (tertiary/aromatic N) is 2. The molecule has 0 aliphatic carbocycles. The Morgan fingerprint density at radius 3 is 2.44 bits per heavy atom. The summed E-state index contributed by atoms with van der Waals surface area (Å²) in [6.45, 7) is 1.41. The smallest absolute Gasteiger partial charge is 0.338 e. The molecule has 2 aromatic carbocycles. The molecule has 0 aliphatic heterocycles. The van der Waals surface area contributed by atoms with Gasteiger partial charge in [-0.05, 0) is 29.8 Å². The van der Waals surface area contributed by atoms with Gasteiger partial charge in [0.05, 0.1) is 23.6 Å². The summed E-state index contributed by atoms with van der Waals surface area (Å²) in [6.07, 6.45) is 0. The molecule has 0 bridgehead atoms. The van der Waals surface area contributed by atoms with Gasteiger partial charge < -0.3 is 9.84 Å². The van der Waals surface area contributed by atoms with Gasteiger partial charge in [-0.25, -0.2) is 9.78 Å². The Bertz CT molecular complexity index is 923. The van der Waals surface area contributed by atoms with Gasteiger partial charge in [-0.2, -0.15) is 0 Å². The number of thiazole rings is 1. The second-order valence-electron chi connectivity index (χ2n) is 5.74. The van der Waals surface area contributed by atoms with Crippen molar-refractivity contribution < 1.29 is 19.4 Å². The third-order valence-corrected chi connectivity index (χ3v) is 4.66. The summed E-state index contributed by atoms with van der Waals surface area (Å²) in [5.41, 5.74) is 2.42. The quantitative estimate of drug-likeness (QED) is 0.658. The minimum atomic E-state index is -0.472. The van der Waals surface area contributed by atoms with Crippen LogP contribution in [0.4, 0.5) is 10.8 Å². The fraction of sp³-hybridized carbons (Fsp3) is 0.150. The van der Waals surface area contributed by atoms with Gasteiger partial charge in [-0.15, -0.1) is 11.3 Å². The van der Waals surface area contributed by atoms with Crippen LogP contribution in [0.3, 0.4) is 0 Å². The third kappa shape index (κ3) is 4.58. The first-order valence-corrected chi connectivity index (χ1v) is 9.13. The molecule has 6 nitrogen and oxygen atoms in total. The number of esters is 1. The number of aliphatic hydroxyl groups excluding tert-OH is 1. The standard InChI is InChI=1S/C20H18N2O4S/c1-14(24)22(18-5-3-2-4-6-18)20-21-17(13-27-20)12-26-19(25)16-9-7-15(11-23)8-10-16/h2-10,13,23H,11-12H2,1H3. The van der Waals surface area contributed by atoms with Crippen LogP contribution < -0.4 is 4.90 Å². The monoisotopic (exact) mass is 382 g/mol. The number of para-hydroxylation sites is 1. The molecule has 0 saturated heterocycles. The first kappa shape index (κ1) is 18.8. The number of aliphatic hydroxyl groups is 1. The normalized spacial score (nSPS) is 10.4. The Morgan fingerprint density at radius 1 is 1.11 bits per heavy atom. The van der Waals surface area contributed by atoms with Gasteiger partial charge in [0.15, 0.2) is 5.13 Å². The highest BCUT2D eigenvalue weighted by atomic mass is 32.1. The predicted molar refractivity (Wildman–Crippen MR) is 103 cm³/mol. The van der Waals surface area contributed by atoms with Crippen LogP contribution in [0.15, 0.2) is 60.0 Å². The highest BCUT2D eigenvalue weighted by molar-refractivity contribution is 7.14. The average Bonchev–Trinajstić information content (AvgIpc) is 3.15. The van der Waals surface area contributed by atoms with Gasteiger partial charge >= 0.3 is 5.97 Å². The zero-order chi connectivity index (χ0) is 19.2. The maximum Gasteiger partial charge on any atom is 0.338 e. The number of rotatable bonds is 6. The molecule has 27 heavy (non-hydrogen) atoms. The Kier molecular flexibility index (Phi) is 5.95. The number of carbonyl (C=O) groups excluding carboxylic acids is 2. The topological polar surface area (TPSA) is 79.7 Å². The number of anilines is 2. The number of aromatic nitrogens is 1. The number of amides is 1. The maximum atomic E-state index is 12.1. The summed E-state index contributed by atoms with van der Waals surface area (Å²) < 4.78 is 5.29. The van der Waals surface area contributed by atoms with Crippen molar-refractivity contribution in [2.75, 3.05) is 4.90 Å². The second kappa shape index (κ2) is 8.57. The molecule has 7 heteroatoms. The Balaban J connectivity index is 1.68. The van der Waals surface area contributed by atoms with Crippen LogP contribution in [0, 0.1) is 0 Å². The maximum absolute atomic E-state index is 12.1. The van der Waals surface area contributed by atoms with Gasteiger partial charge in [-0.1, -0.05) is 30.3 Å². The van der Waals surface area contributed by atoms with E-state index in [0.29, 0.717) is 16.4 Å². The van der Waals surface area contributed by atoms with Crippen LogP contribution in [0.2, 0.25) is 0 Å². The number of hydrogen-bond acceptors (Lipinski definition) is 6. The molecule has 0 fully saturated rings. The van der Waals surface area contributed by atoms with E-state index in [1.54, 1.807) is 29.6 Å². The van der Waals surface area contributed by atoms with Crippen molar-refractivity contribution in [3.63, 3.8) is 0 Å². The predicted octanol–water partition coefficient (Wildman–Crippen LogP) is 3.68. The molecule has 0 atom stereocenters. The summed E-state index contributed by atoms with van der Waals surface area (Å²) in [4.78, 5) is 30.1. The molecular formula is C20H18N2O4S. The van der Waals surface area contributed by atoms with Crippen LogP contribution in [0.1, 0.15) is 28.5 Å². The first-order chi connectivity index (χ1) is 13.1. The molecule has 1 amide bonds. The third-order valence-electron chi connectivity index (χ3n) is 3.78. The zero-order valence-corrected chi connectivity index (χ0v) is 15.5. The fourth-order valence-electron chi connectivity index (χ4n) is 2.44. The largest absolute Gasteiger partial charge is 0.456 e. The molecule has 0 spiro atoms. The molecule has 3 rings (SSSR count). The van der Waals surface area contributed by atoms with Crippen LogP contribution in [-0.2, 0) is 22.7 Å². The molecule has 0 unspecified atom stereocenters. The van der Waals surface area contributed by atoms with E-state index < -0.39 is 5.97 Å². The van der Waals surface area contributed by atoms with E-state index in [1.165, 1.54) is 23.2 Å². The molecule has 1 heterocycles. The van der Waals surface area contributed by atoms with E-state index in [0.717, 1.165) is 11.3 Å². The summed E-state index contributed by atoms with van der Waals surface area (Å²) >= 11 is 1.31. The number of carbonyl (C=O) groups is 2. The van der Waals surface area contributed by atoms with Gasteiger partial charge in [0.1, 0.15) is 6.61 Å². The van der Waals surface area contributed by atoms with Crippen LogP contribution in [-0.4, -0.2) is 22.0 Å². The minimum Gasteiger partial charge on any atom is -0.456 e. The van der Waals surface area contributed by atoms with E-state index in [2.05, 4.69) is 4.98 Å². The molecular weight excluding hydrogens is 364 g/mol. The van der Waals surface area contributed by atoms with Crippen molar-refractivity contribution >= 4 is 34.0 Å². The Morgan fingerprint density at radius 2 is 1.81 bits per heavy atom. The van der Waals surface area contributed by atoms with Crippen molar-refractivity contribution in [3.05, 3.63) is 76.8 Å². The van der Waals surface area contributed by atoms with Gasteiger partial charge in [0.2, 0.25) is 5.91 Å². The number of hydrogen-bond donors (Lipinski definition) is 1. The molecule has 0 saturated carbocycles. The minimum absolute atomic E-state index is 0.0115. The van der Waals surface area contributed by atoms with Crippen LogP contribution >= 0.6 is 11.3 Å². The fourth-order valence-corrected chi connectivity index (χ4v) is 3.31. The average molecular weight is 382 g/mol. The van der Waals surface area contributed by atoms with Gasteiger partial charge in [-0.3, -0.25) is 9.69 Å². The van der Waals surface area contributed by atoms with Gasteiger partial charge in [0.25, 0.3) is 0 Å². The Labute approximate surface area is 160 Å². The van der Waals surface area contributed by atoms with Gasteiger partial charge in [0, 0.05) is 12.3 Å². The van der Waals surface area contributed by atoms with Crippen LogP contribution in [0.5, 0.6) is 0 Å².